The van der Waals surface area contributed by atoms with Crippen molar-refractivity contribution < 1.29 is 5.11 Å². The number of fused-ring (bicyclic) bond motifs is 1. The Morgan fingerprint density at radius 2 is 2.00 bits per heavy atom. The normalized spacial score (nSPS) is 10.4. The highest BCUT2D eigenvalue weighted by Crippen LogP contribution is 2.30. The number of pyridine rings is 1. The molecule has 0 bridgehead atoms. The van der Waals surface area contributed by atoms with Gasteiger partial charge >= 0.3 is 0 Å². The van der Waals surface area contributed by atoms with E-state index in [2.05, 4.69) is 4.98 Å². The predicted molar refractivity (Wildman–Crippen MR) is 57.7 cm³/mol. The SMILES string of the molecule is CN(C)c1nccc2cccc(O)c12. The number of hydrogen-bond acceptors (Lipinski definition) is 3. The molecule has 1 N–H and O–H groups in total. The molecule has 3 heteroatoms. The Kier molecular flexibility index (Phi) is 2.00. The quantitative estimate of drug-likeness (QED) is 0.743. The molecule has 1 heterocycles. The van der Waals surface area contributed by atoms with Crippen LogP contribution in [0.5, 0.6) is 5.75 Å². The highest BCUT2D eigenvalue weighted by molar-refractivity contribution is 5.96. The van der Waals surface area contributed by atoms with E-state index in [9.17, 15) is 5.11 Å². The van der Waals surface area contributed by atoms with E-state index in [4.69, 9.17) is 0 Å². The van der Waals surface area contributed by atoms with Gasteiger partial charge in [0.1, 0.15) is 11.6 Å². The third-order valence-corrected chi connectivity index (χ3v) is 2.17. The lowest BCUT2D eigenvalue weighted by molar-refractivity contribution is 0.481. The Labute approximate surface area is 82.6 Å². The van der Waals surface area contributed by atoms with E-state index >= 15 is 0 Å². The van der Waals surface area contributed by atoms with E-state index in [1.54, 1.807) is 12.3 Å². The van der Waals surface area contributed by atoms with Crippen molar-refractivity contribution in [3.63, 3.8) is 0 Å². The van der Waals surface area contributed by atoms with E-state index < -0.39 is 0 Å². The van der Waals surface area contributed by atoms with Crippen LogP contribution in [0.2, 0.25) is 0 Å². The third-order valence-electron chi connectivity index (χ3n) is 2.17. The molecule has 2 rings (SSSR count). The molecule has 14 heavy (non-hydrogen) atoms. The van der Waals surface area contributed by atoms with Crippen molar-refractivity contribution in [2.45, 2.75) is 0 Å². The maximum absolute atomic E-state index is 9.73. The Morgan fingerprint density at radius 3 is 2.71 bits per heavy atom. The molecular weight excluding hydrogens is 176 g/mol. The number of aromatic nitrogens is 1. The van der Waals surface area contributed by atoms with E-state index in [0.29, 0.717) is 0 Å². The molecule has 0 saturated carbocycles. The van der Waals surface area contributed by atoms with E-state index in [1.165, 1.54) is 0 Å². The number of hydrogen-bond donors (Lipinski definition) is 1. The van der Waals surface area contributed by atoms with Gasteiger partial charge in [0.25, 0.3) is 0 Å². The van der Waals surface area contributed by atoms with Crippen molar-refractivity contribution in [3.05, 3.63) is 30.5 Å². The number of phenolic OH excluding ortho intramolecular Hbond substituents is 1. The molecule has 0 spiro atoms. The van der Waals surface area contributed by atoms with Crippen LogP contribution >= 0.6 is 0 Å². The lowest BCUT2D eigenvalue weighted by atomic mass is 10.1. The van der Waals surface area contributed by atoms with E-state index in [0.717, 1.165) is 16.6 Å². The molecule has 0 aliphatic carbocycles. The smallest absolute Gasteiger partial charge is 0.139 e. The summed E-state index contributed by atoms with van der Waals surface area (Å²) >= 11 is 0. The van der Waals surface area contributed by atoms with Crippen molar-refractivity contribution in [1.29, 1.82) is 0 Å². The van der Waals surface area contributed by atoms with Crippen molar-refractivity contribution in [2.24, 2.45) is 0 Å². The van der Waals surface area contributed by atoms with Crippen LogP contribution in [-0.2, 0) is 0 Å². The summed E-state index contributed by atoms with van der Waals surface area (Å²) in [5.74, 6) is 1.07. The zero-order valence-corrected chi connectivity index (χ0v) is 8.23. The minimum Gasteiger partial charge on any atom is -0.507 e. The van der Waals surface area contributed by atoms with Gasteiger partial charge in [-0.2, -0.15) is 0 Å². The summed E-state index contributed by atoms with van der Waals surface area (Å²) in [6.45, 7) is 0. The van der Waals surface area contributed by atoms with Gasteiger partial charge in [0.15, 0.2) is 0 Å². The van der Waals surface area contributed by atoms with Crippen LogP contribution in [-0.4, -0.2) is 24.2 Å². The molecule has 1 aromatic heterocycles. The first-order valence-corrected chi connectivity index (χ1v) is 4.44. The fourth-order valence-corrected chi connectivity index (χ4v) is 1.53. The fourth-order valence-electron chi connectivity index (χ4n) is 1.53. The molecule has 0 unspecified atom stereocenters. The monoisotopic (exact) mass is 188 g/mol. The average molecular weight is 188 g/mol. The first-order chi connectivity index (χ1) is 6.70. The first-order valence-electron chi connectivity index (χ1n) is 4.44. The average Bonchev–Trinajstić information content (AvgIpc) is 2.17. The van der Waals surface area contributed by atoms with Crippen molar-refractivity contribution in [1.82, 2.24) is 4.98 Å². The van der Waals surface area contributed by atoms with Gasteiger partial charge in [-0.05, 0) is 17.5 Å². The summed E-state index contributed by atoms with van der Waals surface area (Å²) in [4.78, 5) is 6.12. The molecule has 1 aromatic carbocycles. The second-order valence-corrected chi connectivity index (χ2v) is 3.40. The summed E-state index contributed by atoms with van der Waals surface area (Å²) in [6, 6.07) is 7.36. The predicted octanol–water partition coefficient (Wildman–Crippen LogP) is 2.01. The molecule has 0 radical (unpaired) electrons. The largest absolute Gasteiger partial charge is 0.507 e. The van der Waals surface area contributed by atoms with Gasteiger partial charge in [-0.1, -0.05) is 12.1 Å². The lowest BCUT2D eigenvalue weighted by Crippen LogP contribution is -2.10. The van der Waals surface area contributed by atoms with Crippen LogP contribution in [0.25, 0.3) is 10.8 Å². The first kappa shape index (κ1) is 8.81. The second kappa shape index (κ2) is 3.18. The third kappa shape index (κ3) is 1.27. The molecule has 0 atom stereocenters. The number of nitrogens with zero attached hydrogens (tertiary/aromatic N) is 2. The summed E-state index contributed by atoms with van der Waals surface area (Å²) in [5.41, 5.74) is 0. The minimum atomic E-state index is 0.277. The second-order valence-electron chi connectivity index (χ2n) is 3.40. The van der Waals surface area contributed by atoms with Crippen LogP contribution in [0.15, 0.2) is 30.5 Å². The molecule has 72 valence electrons. The van der Waals surface area contributed by atoms with Crippen LogP contribution in [0.1, 0.15) is 0 Å². The molecule has 0 aliphatic rings. The Morgan fingerprint density at radius 1 is 1.21 bits per heavy atom. The highest BCUT2D eigenvalue weighted by Gasteiger charge is 2.07. The van der Waals surface area contributed by atoms with Crippen molar-refractivity contribution >= 4 is 16.6 Å². The molecule has 0 aliphatic heterocycles. The minimum absolute atomic E-state index is 0.277. The van der Waals surface area contributed by atoms with Gasteiger partial charge in [-0.25, -0.2) is 4.98 Å². The van der Waals surface area contributed by atoms with Crippen molar-refractivity contribution in [2.75, 3.05) is 19.0 Å². The number of anilines is 1. The molecule has 3 nitrogen and oxygen atoms in total. The Bertz CT molecular complexity index is 461. The summed E-state index contributed by atoms with van der Waals surface area (Å²) in [5, 5.41) is 11.5. The molecule has 0 fully saturated rings. The Hall–Kier alpha value is -1.77. The highest BCUT2D eigenvalue weighted by atomic mass is 16.3. The molecule has 0 amide bonds. The van der Waals surface area contributed by atoms with E-state index in [-0.39, 0.29) is 5.75 Å². The van der Waals surface area contributed by atoms with Crippen LogP contribution in [0, 0.1) is 0 Å². The van der Waals surface area contributed by atoms with Crippen LogP contribution < -0.4 is 4.90 Å². The Balaban J connectivity index is 2.84. The maximum Gasteiger partial charge on any atom is 0.139 e. The van der Waals surface area contributed by atoms with Crippen LogP contribution in [0.3, 0.4) is 0 Å². The zero-order chi connectivity index (χ0) is 10.1. The van der Waals surface area contributed by atoms with Gasteiger partial charge in [0.05, 0.1) is 5.39 Å². The summed E-state index contributed by atoms with van der Waals surface area (Å²) < 4.78 is 0. The molecule has 0 saturated heterocycles. The maximum atomic E-state index is 9.73. The molecule has 2 aromatic rings. The van der Waals surface area contributed by atoms with Gasteiger partial charge < -0.3 is 10.0 Å². The topological polar surface area (TPSA) is 36.4 Å². The standard InChI is InChI=1S/C11H12N2O/c1-13(2)11-10-8(6-7-12-11)4-3-5-9(10)14/h3-7,14H,1-2H3. The zero-order valence-electron chi connectivity index (χ0n) is 8.23. The number of rotatable bonds is 1. The number of aromatic hydroxyl groups is 1. The number of phenols is 1. The van der Waals surface area contributed by atoms with Gasteiger partial charge in [0, 0.05) is 20.3 Å². The number of benzene rings is 1. The summed E-state index contributed by atoms with van der Waals surface area (Å²) in [7, 11) is 3.82. The van der Waals surface area contributed by atoms with Crippen molar-refractivity contribution in [3.8, 4) is 5.75 Å². The van der Waals surface area contributed by atoms with Gasteiger partial charge in [-0.15, -0.1) is 0 Å². The lowest BCUT2D eigenvalue weighted by Gasteiger charge is -2.14. The fraction of sp³-hybridized carbons (Fsp3) is 0.182. The molecular formula is C11H12N2O. The van der Waals surface area contributed by atoms with Gasteiger partial charge in [0.2, 0.25) is 0 Å². The van der Waals surface area contributed by atoms with E-state index in [1.807, 2.05) is 37.2 Å². The summed E-state index contributed by atoms with van der Waals surface area (Å²) in [6.07, 6.45) is 1.75. The van der Waals surface area contributed by atoms with Gasteiger partial charge in [-0.3, -0.25) is 0 Å². The van der Waals surface area contributed by atoms with Crippen LogP contribution in [0.4, 0.5) is 5.82 Å².